The van der Waals surface area contributed by atoms with Gasteiger partial charge in [-0.1, -0.05) is 52.7 Å². The first-order valence-corrected chi connectivity index (χ1v) is 6.96. The summed E-state index contributed by atoms with van der Waals surface area (Å²) >= 11 is 9.78. The highest BCUT2D eigenvalue weighted by Crippen LogP contribution is 2.30. The molecule has 0 amide bonds. The SMILES string of the molecule is CCc1ccc(C(Br)Cc2ccccc2Cl)o1. The van der Waals surface area contributed by atoms with Crippen molar-refractivity contribution in [3.63, 3.8) is 0 Å². The van der Waals surface area contributed by atoms with Crippen LogP contribution in [0, 0.1) is 0 Å². The van der Waals surface area contributed by atoms with Crippen molar-refractivity contribution in [3.05, 3.63) is 58.5 Å². The lowest BCUT2D eigenvalue weighted by molar-refractivity contribution is 0.467. The van der Waals surface area contributed by atoms with Crippen molar-refractivity contribution in [2.24, 2.45) is 0 Å². The second kappa shape index (κ2) is 5.74. The molecule has 0 N–H and O–H groups in total. The highest BCUT2D eigenvalue weighted by molar-refractivity contribution is 9.09. The first-order chi connectivity index (χ1) is 8.20. The first-order valence-electron chi connectivity index (χ1n) is 5.66. The second-order valence-corrected chi connectivity index (χ2v) is 5.43. The zero-order valence-electron chi connectivity index (χ0n) is 9.62. The largest absolute Gasteiger partial charge is 0.465 e. The van der Waals surface area contributed by atoms with Gasteiger partial charge in [0.15, 0.2) is 0 Å². The van der Waals surface area contributed by atoms with E-state index >= 15 is 0 Å². The molecule has 1 heterocycles. The molecule has 17 heavy (non-hydrogen) atoms. The van der Waals surface area contributed by atoms with Crippen molar-refractivity contribution >= 4 is 27.5 Å². The summed E-state index contributed by atoms with van der Waals surface area (Å²) in [5.41, 5.74) is 1.13. The van der Waals surface area contributed by atoms with Gasteiger partial charge >= 0.3 is 0 Å². The topological polar surface area (TPSA) is 13.1 Å². The molecule has 0 bridgehead atoms. The van der Waals surface area contributed by atoms with Crippen LogP contribution in [0.5, 0.6) is 0 Å². The van der Waals surface area contributed by atoms with Gasteiger partial charge < -0.3 is 4.42 Å². The van der Waals surface area contributed by atoms with E-state index in [1.807, 2.05) is 36.4 Å². The number of halogens is 2. The lowest BCUT2D eigenvalue weighted by atomic mass is 10.1. The highest BCUT2D eigenvalue weighted by Gasteiger charge is 2.14. The molecule has 0 aliphatic heterocycles. The Morgan fingerprint density at radius 2 is 2.00 bits per heavy atom. The van der Waals surface area contributed by atoms with Crippen LogP contribution >= 0.6 is 27.5 Å². The van der Waals surface area contributed by atoms with Crippen molar-refractivity contribution in [3.8, 4) is 0 Å². The highest BCUT2D eigenvalue weighted by atomic mass is 79.9. The Labute approximate surface area is 115 Å². The Bertz CT molecular complexity index is 492. The van der Waals surface area contributed by atoms with Gasteiger partial charge in [-0.3, -0.25) is 0 Å². The van der Waals surface area contributed by atoms with Gasteiger partial charge in [-0.25, -0.2) is 0 Å². The van der Waals surface area contributed by atoms with Crippen LogP contribution in [0.2, 0.25) is 5.02 Å². The van der Waals surface area contributed by atoms with E-state index in [-0.39, 0.29) is 4.83 Å². The zero-order chi connectivity index (χ0) is 12.3. The van der Waals surface area contributed by atoms with Crippen LogP contribution in [0.1, 0.15) is 28.8 Å². The van der Waals surface area contributed by atoms with E-state index in [1.165, 1.54) is 0 Å². The van der Waals surface area contributed by atoms with Crippen molar-refractivity contribution in [1.82, 2.24) is 0 Å². The molecule has 1 aromatic carbocycles. The molecule has 0 spiro atoms. The fraction of sp³-hybridized carbons (Fsp3) is 0.286. The molecule has 3 heteroatoms. The summed E-state index contributed by atoms with van der Waals surface area (Å²) in [6.07, 6.45) is 1.75. The van der Waals surface area contributed by atoms with Crippen LogP contribution in [0.25, 0.3) is 0 Å². The molecule has 2 aromatic rings. The molecule has 1 unspecified atom stereocenters. The number of hydrogen-bond acceptors (Lipinski definition) is 1. The third-order valence-corrected chi connectivity index (χ3v) is 3.84. The van der Waals surface area contributed by atoms with Gasteiger partial charge in [0.1, 0.15) is 11.5 Å². The van der Waals surface area contributed by atoms with Crippen LogP contribution in [0.4, 0.5) is 0 Å². The van der Waals surface area contributed by atoms with Gasteiger partial charge in [-0.2, -0.15) is 0 Å². The summed E-state index contributed by atoms with van der Waals surface area (Å²) in [6.45, 7) is 2.08. The molecule has 1 atom stereocenters. The number of aryl methyl sites for hydroxylation is 1. The van der Waals surface area contributed by atoms with Gasteiger partial charge in [0.05, 0.1) is 4.83 Å². The number of rotatable bonds is 4. The molecule has 0 radical (unpaired) electrons. The average Bonchev–Trinajstić information content (AvgIpc) is 2.81. The maximum atomic E-state index is 6.14. The Kier molecular flexibility index (Phi) is 4.30. The van der Waals surface area contributed by atoms with Gasteiger partial charge in [0, 0.05) is 11.4 Å². The van der Waals surface area contributed by atoms with E-state index in [0.29, 0.717) is 0 Å². The van der Waals surface area contributed by atoms with E-state index in [2.05, 4.69) is 22.9 Å². The lowest BCUT2D eigenvalue weighted by Gasteiger charge is -2.08. The Morgan fingerprint density at radius 3 is 2.65 bits per heavy atom. The molecule has 0 aliphatic carbocycles. The Morgan fingerprint density at radius 1 is 1.24 bits per heavy atom. The van der Waals surface area contributed by atoms with Crippen molar-refractivity contribution in [1.29, 1.82) is 0 Å². The van der Waals surface area contributed by atoms with Gasteiger partial charge in [-0.15, -0.1) is 0 Å². The van der Waals surface area contributed by atoms with Crippen LogP contribution in [-0.2, 0) is 12.8 Å². The normalized spacial score (nSPS) is 12.6. The molecule has 1 aromatic heterocycles. The number of furan rings is 1. The Hall–Kier alpha value is -0.730. The minimum atomic E-state index is 0.169. The fourth-order valence-corrected chi connectivity index (χ4v) is 2.52. The molecule has 0 saturated heterocycles. The fourth-order valence-electron chi connectivity index (χ4n) is 1.71. The monoisotopic (exact) mass is 312 g/mol. The number of benzene rings is 1. The maximum Gasteiger partial charge on any atom is 0.118 e. The summed E-state index contributed by atoms with van der Waals surface area (Å²) in [5.74, 6) is 1.98. The van der Waals surface area contributed by atoms with Crippen LogP contribution < -0.4 is 0 Å². The third-order valence-electron chi connectivity index (χ3n) is 2.70. The van der Waals surface area contributed by atoms with Gasteiger partial charge in [0.25, 0.3) is 0 Å². The Balaban J connectivity index is 2.11. The molecule has 1 nitrogen and oxygen atoms in total. The molecule has 0 fully saturated rings. The molecule has 90 valence electrons. The summed E-state index contributed by atoms with van der Waals surface area (Å²) in [4.78, 5) is 0.169. The predicted molar refractivity (Wildman–Crippen MR) is 74.9 cm³/mol. The summed E-state index contributed by atoms with van der Waals surface area (Å²) < 4.78 is 5.72. The van der Waals surface area contributed by atoms with Crippen molar-refractivity contribution in [2.75, 3.05) is 0 Å². The van der Waals surface area contributed by atoms with E-state index in [9.17, 15) is 0 Å². The molecule has 2 rings (SSSR count). The van der Waals surface area contributed by atoms with Crippen molar-refractivity contribution in [2.45, 2.75) is 24.6 Å². The second-order valence-electron chi connectivity index (χ2n) is 3.92. The number of hydrogen-bond donors (Lipinski definition) is 0. The number of alkyl halides is 1. The predicted octanol–water partition coefficient (Wildman–Crippen LogP) is 5.17. The minimum Gasteiger partial charge on any atom is -0.465 e. The maximum absolute atomic E-state index is 6.14. The standard InChI is InChI=1S/C14H14BrClO/c1-2-11-7-8-14(17-11)12(15)9-10-5-3-4-6-13(10)16/h3-8,12H,2,9H2,1H3. The van der Waals surface area contributed by atoms with Crippen LogP contribution in [0.15, 0.2) is 40.8 Å². The molecular weight excluding hydrogens is 300 g/mol. The summed E-state index contributed by atoms with van der Waals surface area (Å²) in [7, 11) is 0. The van der Waals surface area contributed by atoms with Crippen LogP contribution in [-0.4, -0.2) is 0 Å². The quantitative estimate of drug-likeness (QED) is 0.709. The third kappa shape index (κ3) is 3.14. The van der Waals surface area contributed by atoms with E-state index < -0.39 is 0 Å². The molecule has 0 saturated carbocycles. The molecular formula is C14H14BrClO. The van der Waals surface area contributed by atoms with Crippen LogP contribution in [0.3, 0.4) is 0 Å². The van der Waals surface area contributed by atoms with Gasteiger partial charge in [-0.05, 0) is 30.2 Å². The van der Waals surface area contributed by atoms with E-state index in [1.54, 1.807) is 0 Å². The van der Waals surface area contributed by atoms with E-state index in [0.717, 1.165) is 34.9 Å². The smallest absolute Gasteiger partial charge is 0.118 e. The summed E-state index contributed by atoms with van der Waals surface area (Å²) in [6, 6.07) is 11.9. The summed E-state index contributed by atoms with van der Waals surface area (Å²) in [5, 5.41) is 0.805. The minimum absolute atomic E-state index is 0.169. The van der Waals surface area contributed by atoms with Crippen molar-refractivity contribution < 1.29 is 4.42 Å². The van der Waals surface area contributed by atoms with E-state index in [4.69, 9.17) is 16.0 Å². The molecule has 0 aliphatic rings. The zero-order valence-corrected chi connectivity index (χ0v) is 12.0. The lowest BCUT2D eigenvalue weighted by Crippen LogP contribution is -1.94. The average molecular weight is 314 g/mol. The first kappa shape index (κ1) is 12.7. The van der Waals surface area contributed by atoms with Gasteiger partial charge in [0.2, 0.25) is 0 Å².